The zero-order chi connectivity index (χ0) is 22.4. The van der Waals surface area contributed by atoms with Crippen molar-refractivity contribution in [1.82, 2.24) is 9.88 Å². The van der Waals surface area contributed by atoms with Crippen molar-refractivity contribution < 1.29 is 14.4 Å². The number of aryl methyl sites for hydroxylation is 2. The van der Waals surface area contributed by atoms with Crippen LogP contribution in [0.1, 0.15) is 34.3 Å². The molecule has 0 spiro atoms. The van der Waals surface area contributed by atoms with E-state index in [0.29, 0.717) is 37.4 Å². The van der Waals surface area contributed by atoms with E-state index in [2.05, 4.69) is 30.9 Å². The molecule has 0 bridgehead atoms. The van der Waals surface area contributed by atoms with Gasteiger partial charge in [-0.05, 0) is 49.2 Å². The highest BCUT2D eigenvalue weighted by molar-refractivity contribution is 7.22. The van der Waals surface area contributed by atoms with Crippen molar-refractivity contribution in [2.24, 2.45) is 0 Å². The van der Waals surface area contributed by atoms with Crippen LogP contribution in [0.3, 0.4) is 0 Å². The third-order valence-electron chi connectivity index (χ3n) is 6.31. The predicted octanol–water partition coefficient (Wildman–Crippen LogP) is 3.53. The predicted molar refractivity (Wildman–Crippen MR) is 125 cm³/mol. The zero-order valence-corrected chi connectivity index (χ0v) is 18.9. The summed E-state index contributed by atoms with van der Waals surface area (Å²) in [6.07, 6.45) is 0.452. The summed E-state index contributed by atoms with van der Waals surface area (Å²) in [6.45, 7) is 6.83. The summed E-state index contributed by atoms with van der Waals surface area (Å²) in [7, 11) is 0. The minimum absolute atomic E-state index is 0.0821. The fraction of sp³-hybridized carbons (Fsp3) is 0.333. The molecule has 5 rings (SSSR count). The Kier molecular flexibility index (Phi) is 5.17. The van der Waals surface area contributed by atoms with Gasteiger partial charge in [0.15, 0.2) is 5.13 Å². The molecule has 0 aliphatic carbocycles. The molecular weight excluding hydrogens is 424 g/mol. The van der Waals surface area contributed by atoms with Gasteiger partial charge in [0, 0.05) is 44.6 Å². The van der Waals surface area contributed by atoms with Gasteiger partial charge in [-0.2, -0.15) is 0 Å². The number of anilines is 2. The molecule has 2 aromatic carbocycles. The van der Waals surface area contributed by atoms with E-state index in [1.54, 1.807) is 35.6 Å². The molecule has 164 valence electrons. The quantitative estimate of drug-likeness (QED) is 0.573. The maximum absolute atomic E-state index is 13.1. The lowest BCUT2D eigenvalue weighted by molar-refractivity contribution is -0.121. The number of hydrogen-bond donors (Lipinski definition) is 0. The van der Waals surface area contributed by atoms with Crippen LogP contribution in [0, 0.1) is 13.8 Å². The number of amides is 3. The number of piperazine rings is 1. The van der Waals surface area contributed by atoms with E-state index in [1.807, 2.05) is 4.90 Å². The van der Waals surface area contributed by atoms with Crippen LogP contribution in [0.25, 0.3) is 10.2 Å². The number of rotatable bonds is 3. The first-order chi connectivity index (χ1) is 15.4. The largest absolute Gasteiger partial charge is 0.345 e. The Morgan fingerprint density at radius 1 is 0.969 bits per heavy atom. The average Bonchev–Trinajstić information content (AvgIpc) is 3.39. The fourth-order valence-corrected chi connectivity index (χ4v) is 5.35. The zero-order valence-electron chi connectivity index (χ0n) is 18.1. The van der Waals surface area contributed by atoms with Crippen molar-refractivity contribution in [3.63, 3.8) is 0 Å². The maximum Gasteiger partial charge on any atom is 0.254 e. The number of thiazole rings is 1. The highest BCUT2D eigenvalue weighted by Gasteiger charge is 2.31. The Balaban J connectivity index is 1.29. The van der Waals surface area contributed by atoms with Crippen molar-refractivity contribution >= 4 is 50.1 Å². The molecule has 0 atom stereocenters. The van der Waals surface area contributed by atoms with Crippen molar-refractivity contribution in [2.75, 3.05) is 36.0 Å². The number of hydrogen-bond acceptors (Lipinski definition) is 6. The maximum atomic E-state index is 13.1. The molecule has 0 saturated carbocycles. The second kappa shape index (κ2) is 8.02. The molecule has 7 nitrogen and oxygen atoms in total. The molecule has 2 fully saturated rings. The van der Waals surface area contributed by atoms with Crippen molar-refractivity contribution in [1.29, 1.82) is 0 Å². The molecule has 0 N–H and O–H groups in total. The molecule has 2 aliphatic rings. The first kappa shape index (κ1) is 20.6. The van der Waals surface area contributed by atoms with Gasteiger partial charge < -0.3 is 9.80 Å². The summed E-state index contributed by atoms with van der Waals surface area (Å²) in [4.78, 5) is 47.3. The third kappa shape index (κ3) is 3.54. The van der Waals surface area contributed by atoms with E-state index < -0.39 is 0 Å². The Morgan fingerprint density at radius 3 is 2.41 bits per heavy atom. The average molecular weight is 449 g/mol. The van der Waals surface area contributed by atoms with E-state index in [0.717, 1.165) is 10.6 Å². The van der Waals surface area contributed by atoms with Crippen LogP contribution in [0.2, 0.25) is 0 Å². The van der Waals surface area contributed by atoms with Crippen molar-refractivity contribution in [2.45, 2.75) is 26.7 Å². The standard InChI is InChI=1S/C24H24N4O3S/c1-15-6-7-19-22(16(15)2)25-24(32-19)27-12-10-26(11-13-27)23(31)17-4-3-5-18(14-17)28-20(29)8-9-21(28)30/h3-7,14H,8-13H2,1-2H3. The highest BCUT2D eigenvalue weighted by Crippen LogP contribution is 2.32. The smallest absolute Gasteiger partial charge is 0.254 e. The lowest BCUT2D eigenvalue weighted by Crippen LogP contribution is -2.48. The molecule has 3 heterocycles. The van der Waals surface area contributed by atoms with Gasteiger partial charge in [0.25, 0.3) is 5.91 Å². The molecule has 2 saturated heterocycles. The van der Waals surface area contributed by atoms with Crippen molar-refractivity contribution in [3.05, 3.63) is 53.1 Å². The second-order valence-electron chi connectivity index (χ2n) is 8.30. The van der Waals surface area contributed by atoms with Gasteiger partial charge >= 0.3 is 0 Å². The number of carbonyl (C=O) groups is 3. The summed E-state index contributed by atoms with van der Waals surface area (Å²) in [5.41, 5.74) is 4.49. The molecule has 2 aliphatic heterocycles. The fourth-order valence-electron chi connectivity index (χ4n) is 4.28. The summed E-state index contributed by atoms with van der Waals surface area (Å²) in [6, 6.07) is 11.1. The first-order valence-corrected chi connectivity index (χ1v) is 11.6. The lowest BCUT2D eigenvalue weighted by atomic mass is 10.1. The summed E-state index contributed by atoms with van der Waals surface area (Å²) in [5.74, 6) is -0.509. The molecule has 3 amide bonds. The number of fused-ring (bicyclic) bond motifs is 1. The summed E-state index contributed by atoms with van der Waals surface area (Å²) >= 11 is 1.69. The van der Waals surface area contributed by atoms with Crippen LogP contribution in [-0.2, 0) is 9.59 Å². The van der Waals surface area contributed by atoms with Gasteiger partial charge in [-0.25, -0.2) is 4.98 Å². The van der Waals surface area contributed by atoms with Gasteiger partial charge in [-0.1, -0.05) is 23.5 Å². The van der Waals surface area contributed by atoms with Crippen LogP contribution in [0.5, 0.6) is 0 Å². The minimum Gasteiger partial charge on any atom is -0.345 e. The van der Waals surface area contributed by atoms with Crippen LogP contribution >= 0.6 is 11.3 Å². The van der Waals surface area contributed by atoms with Gasteiger partial charge in [-0.3, -0.25) is 19.3 Å². The monoisotopic (exact) mass is 448 g/mol. The topological polar surface area (TPSA) is 73.8 Å². The second-order valence-corrected chi connectivity index (χ2v) is 9.31. The SMILES string of the molecule is Cc1ccc2sc(N3CCN(C(=O)c4cccc(N5C(=O)CCC5=O)c4)CC3)nc2c1C. The van der Waals surface area contributed by atoms with E-state index in [1.165, 1.54) is 20.7 Å². The normalized spacial score (nSPS) is 17.0. The van der Waals surface area contributed by atoms with Crippen molar-refractivity contribution in [3.8, 4) is 0 Å². The summed E-state index contributed by atoms with van der Waals surface area (Å²) in [5, 5.41) is 0.994. The Hall–Kier alpha value is -3.26. The van der Waals surface area contributed by atoms with Gasteiger partial charge in [-0.15, -0.1) is 0 Å². The van der Waals surface area contributed by atoms with E-state index in [4.69, 9.17) is 4.98 Å². The van der Waals surface area contributed by atoms with E-state index in [-0.39, 0.29) is 30.6 Å². The number of carbonyl (C=O) groups excluding carboxylic acids is 3. The van der Waals surface area contributed by atoms with Gasteiger partial charge in [0.05, 0.1) is 15.9 Å². The molecule has 8 heteroatoms. The Labute approximate surface area is 190 Å². The van der Waals surface area contributed by atoms with Crippen LogP contribution in [0.4, 0.5) is 10.8 Å². The lowest BCUT2D eigenvalue weighted by Gasteiger charge is -2.34. The van der Waals surface area contributed by atoms with E-state index in [9.17, 15) is 14.4 Å². The van der Waals surface area contributed by atoms with E-state index >= 15 is 0 Å². The Bertz CT molecular complexity index is 1230. The molecule has 1 aromatic heterocycles. The molecule has 3 aromatic rings. The number of nitrogens with zero attached hydrogens (tertiary/aromatic N) is 4. The molecule has 0 unspecified atom stereocenters. The molecular formula is C24H24N4O3S. The van der Waals surface area contributed by atoms with Crippen LogP contribution < -0.4 is 9.80 Å². The Morgan fingerprint density at radius 2 is 1.69 bits per heavy atom. The van der Waals surface area contributed by atoms with Gasteiger partial charge in [0.1, 0.15) is 0 Å². The number of benzene rings is 2. The van der Waals surface area contributed by atoms with Crippen LogP contribution in [-0.4, -0.2) is 53.8 Å². The highest BCUT2D eigenvalue weighted by atomic mass is 32.1. The third-order valence-corrected chi connectivity index (χ3v) is 7.40. The minimum atomic E-state index is -0.213. The van der Waals surface area contributed by atoms with Crippen LogP contribution in [0.15, 0.2) is 36.4 Å². The number of imide groups is 1. The first-order valence-electron chi connectivity index (χ1n) is 10.8. The van der Waals surface area contributed by atoms with Gasteiger partial charge in [0.2, 0.25) is 11.8 Å². The number of aromatic nitrogens is 1. The molecule has 32 heavy (non-hydrogen) atoms. The summed E-state index contributed by atoms with van der Waals surface area (Å²) < 4.78 is 1.18. The molecule has 0 radical (unpaired) electrons.